The molecule has 0 saturated carbocycles. The van der Waals surface area contributed by atoms with Gasteiger partial charge in [0.05, 0.1) is 18.6 Å². The van der Waals surface area contributed by atoms with Gasteiger partial charge < -0.3 is 14.2 Å². The third kappa shape index (κ3) is 3.80. The van der Waals surface area contributed by atoms with E-state index in [0.717, 1.165) is 11.1 Å². The van der Waals surface area contributed by atoms with Crippen molar-refractivity contribution in [3.05, 3.63) is 83.9 Å². The zero-order chi connectivity index (χ0) is 17.1. The fourth-order valence-corrected chi connectivity index (χ4v) is 3.75. The Hall–Kier alpha value is -1.65. The van der Waals surface area contributed by atoms with Gasteiger partial charge in [-0.25, -0.2) is 0 Å². The topological polar surface area (TPSA) is 27.7 Å². The summed E-state index contributed by atoms with van der Waals surface area (Å²) in [7, 11) is 0. The van der Waals surface area contributed by atoms with Gasteiger partial charge in [-0.1, -0.05) is 72.8 Å². The van der Waals surface area contributed by atoms with E-state index >= 15 is 0 Å². The Bertz CT molecular complexity index is 644. The first-order valence-corrected chi connectivity index (χ1v) is 9.04. The zero-order valence-corrected chi connectivity index (χ0v) is 14.6. The summed E-state index contributed by atoms with van der Waals surface area (Å²) in [6, 6.07) is 20.2. The molecule has 1 unspecified atom stereocenters. The van der Waals surface area contributed by atoms with Gasteiger partial charge in [0.15, 0.2) is 0 Å². The van der Waals surface area contributed by atoms with Crippen LogP contribution in [0.4, 0.5) is 0 Å². The monoisotopic (exact) mass is 356 g/mol. The second kappa shape index (κ2) is 7.71. The fourth-order valence-electron chi connectivity index (χ4n) is 3.32. The first-order chi connectivity index (χ1) is 12.3. The minimum absolute atomic E-state index is 0.104. The molecule has 2 aliphatic rings. The summed E-state index contributed by atoms with van der Waals surface area (Å²) >= 11 is 6.74. The quantitative estimate of drug-likeness (QED) is 0.576. The Balaban J connectivity index is 1.41. The molecule has 4 heteroatoms. The van der Waals surface area contributed by atoms with E-state index in [1.165, 1.54) is 0 Å². The molecule has 2 aromatic rings. The SMILES string of the molecule is ClC1[C@H](OCc2ccccc2)[C@@H]2C=C[C@@H](O2)[C@H]1OCc1ccccc1. The highest BCUT2D eigenvalue weighted by atomic mass is 35.5. The highest BCUT2D eigenvalue weighted by Crippen LogP contribution is 2.35. The first-order valence-electron chi connectivity index (χ1n) is 8.60. The number of benzene rings is 2. The van der Waals surface area contributed by atoms with Gasteiger partial charge in [0.1, 0.15) is 24.4 Å². The maximum absolute atomic E-state index is 6.74. The second-order valence-electron chi connectivity index (χ2n) is 6.42. The van der Waals surface area contributed by atoms with Crippen molar-refractivity contribution in [2.45, 2.75) is 43.0 Å². The van der Waals surface area contributed by atoms with E-state index in [4.69, 9.17) is 25.8 Å². The van der Waals surface area contributed by atoms with Crippen LogP contribution in [0.1, 0.15) is 11.1 Å². The van der Waals surface area contributed by atoms with Crippen LogP contribution in [-0.4, -0.2) is 29.8 Å². The van der Waals surface area contributed by atoms with Gasteiger partial charge >= 0.3 is 0 Å². The average Bonchev–Trinajstić information content (AvgIpc) is 3.09. The molecule has 25 heavy (non-hydrogen) atoms. The average molecular weight is 357 g/mol. The summed E-state index contributed by atoms with van der Waals surface area (Å²) in [5, 5.41) is -0.258. The Kier molecular flexibility index (Phi) is 5.18. The number of fused-ring (bicyclic) bond motifs is 2. The van der Waals surface area contributed by atoms with Crippen molar-refractivity contribution in [3.8, 4) is 0 Å². The molecule has 0 amide bonds. The highest BCUT2D eigenvalue weighted by Gasteiger charge is 2.47. The smallest absolute Gasteiger partial charge is 0.107 e. The highest BCUT2D eigenvalue weighted by molar-refractivity contribution is 6.21. The van der Waals surface area contributed by atoms with Crippen molar-refractivity contribution in [2.75, 3.05) is 0 Å². The minimum Gasteiger partial charge on any atom is -0.369 e. The maximum Gasteiger partial charge on any atom is 0.107 e. The summed E-state index contributed by atoms with van der Waals surface area (Å²) in [6.45, 7) is 1.02. The largest absolute Gasteiger partial charge is 0.369 e. The fraction of sp³-hybridized carbons (Fsp3) is 0.333. The van der Waals surface area contributed by atoms with Gasteiger partial charge in [-0.15, -0.1) is 11.6 Å². The molecule has 1 fully saturated rings. The molecule has 2 bridgehead atoms. The summed E-state index contributed by atoms with van der Waals surface area (Å²) in [5.74, 6) is 0. The Morgan fingerprint density at radius 3 is 1.60 bits per heavy atom. The third-order valence-electron chi connectivity index (χ3n) is 4.65. The van der Waals surface area contributed by atoms with Crippen LogP contribution in [0.2, 0.25) is 0 Å². The van der Waals surface area contributed by atoms with E-state index in [0.29, 0.717) is 13.2 Å². The molecule has 1 saturated heterocycles. The van der Waals surface area contributed by atoms with Gasteiger partial charge in [-0.2, -0.15) is 0 Å². The van der Waals surface area contributed by atoms with E-state index in [1.807, 2.05) is 72.8 Å². The minimum atomic E-state index is -0.258. The van der Waals surface area contributed by atoms with Crippen LogP contribution in [0.3, 0.4) is 0 Å². The molecule has 2 heterocycles. The van der Waals surface area contributed by atoms with Gasteiger partial charge in [-0.3, -0.25) is 0 Å². The van der Waals surface area contributed by atoms with Crippen molar-refractivity contribution in [1.82, 2.24) is 0 Å². The van der Waals surface area contributed by atoms with Crippen molar-refractivity contribution in [1.29, 1.82) is 0 Å². The summed E-state index contributed by atoms with van der Waals surface area (Å²) < 4.78 is 18.2. The molecule has 130 valence electrons. The van der Waals surface area contributed by atoms with Gasteiger partial charge in [-0.05, 0) is 11.1 Å². The summed E-state index contributed by atoms with van der Waals surface area (Å²) in [4.78, 5) is 0. The second-order valence-corrected chi connectivity index (χ2v) is 6.92. The molecule has 0 aliphatic carbocycles. The van der Waals surface area contributed by atoms with Crippen LogP contribution in [0.15, 0.2) is 72.8 Å². The van der Waals surface area contributed by atoms with Gasteiger partial charge in [0.25, 0.3) is 0 Å². The molecule has 0 spiro atoms. The van der Waals surface area contributed by atoms with Crippen LogP contribution in [0.5, 0.6) is 0 Å². The molecule has 3 nitrogen and oxygen atoms in total. The van der Waals surface area contributed by atoms with E-state index in [-0.39, 0.29) is 29.8 Å². The van der Waals surface area contributed by atoms with Crippen molar-refractivity contribution < 1.29 is 14.2 Å². The number of halogens is 1. The summed E-state index contributed by atoms with van der Waals surface area (Å²) in [5.41, 5.74) is 2.24. The lowest BCUT2D eigenvalue weighted by atomic mass is 10.0. The predicted octanol–water partition coefficient (Wildman–Crippen LogP) is 4.10. The summed E-state index contributed by atoms with van der Waals surface area (Å²) in [6.07, 6.45) is 3.43. The van der Waals surface area contributed by atoms with Crippen LogP contribution >= 0.6 is 11.6 Å². The lowest BCUT2D eigenvalue weighted by Crippen LogP contribution is -2.53. The van der Waals surface area contributed by atoms with Crippen molar-refractivity contribution >= 4 is 11.6 Å². The van der Waals surface area contributed by atoms with Crippen LogP contribution < -0.4 is 0 Å². The predicted molar refractivity (Wildman–Crippen MR) is 97.5 cm³/mol. The standard InChI is InChI=1S/C21H21ClO3/c22-19-20(23-13-15-7-3-1-4-8-15)17-11-12-18(25-17)21(19)24-14-16-9-5-2-6-10-16/h1-12,17-21H,13-14H2/t17-,18+,19?,20-,21-/m1/s1. The molecule has 4 rings (SSSR count). The molecule has 0 aromatic heterocycles. The lowest BCUT2D eigenvalue weighted by Gasteiger charge is -2.39. The normalized spacial score (nSPS) is 30.5. The molecule has 0 radical (unpaired) electrons. The molecular weight excluding hydrogens is 336 g/mol. The number of hydrogen-bond donors (Lipinski definition) is 0. The van der Waals surface area contributed by atoms with Crippen LogP contribution in [-0.2, 0) is 27.4 Å². The number of alkyl halides is 1. The molecule has 2 aromatic carbocycles. The van der Waals surface area contributed by atoms with Gasteiger partial charge in [0, 0.05) is 0 Å². The van der Waals surface area contributed by atoms with E-state index < -0.39 is 0 Å². The number of rotatable bonds is 6. The number of hydrogen-bond acceptors (Lipinski definition) is 3. The lowest BCUT2D eigenvalue weighted by molar-refractivity contribution is -0.161. The van der Waals surface area contributed by atoms with E-state index in [1.54, 1.807) is 0 Å². The Morgan fingerprint density at radius 2 is 1.16 bits per heavy atom. The van der Waals surface area contributed by atoms with Crippen LogP contribution in [0, 0.1) is 0 Å². The third-order valence-corrected chi connectivity index (χ3v) is 5.15. The van der Waals surface area contributed by atoms with E-state index in [2.05, 4.69) is 0 Å². The Morgan fingerprint density at radius 1 is 0.720 bits per heavy atom. The van der Waals surface area contributed by atoms with Crippen molar-refractivity contribution in [2.24, 2.45) is 0 Å². The maximum atomic E-state index is 6.74. The van der Waals surface area contributed by atoms with Crippen molar-refractivity contribution in [3.63, 3.8) is 0 Å². The van der Waals surface area contributed by atoms with Crippen LogP contribution in [0.25, 0.3) is 0 Å². The van der Waals surface area contributed by atoms with E-state index in [9.17, 15) is 0 Å². The first kappa shape index (κ1) is 16.8. The molecule has 5 atom stereocenters. The zero-order valence-electron chi connectivity index (χ0n) is 13.8. The number of ether oxygens (including phenoxy) is 3. The Labute approximate surface area is 153 Å². The molecule has 0 N–H and O–H groups in total. The molecular formula is C21H21ClO3. The molecule has 2 aliphatic heterocycles. The van der Waals surface area contributed by atoms with Gasteiger partial charge in [0.2, 0.25) is 0 Å².